The van der Waals surface area contributed by atoms with Crippen LogP contribution in [0.4, 0.5) is 0 Å². The lowest BCUT2D eigenvalue weighted by molar-refractivity contribution is 0.0985. The average Bonchev–Trinajstić information content (AvgIpc) is 2.27. The van der Waals surface area contributed by atoms with Crippen molar-refractivity contribution in [3.8, 4) is 5.75 Å². The van der Waals surface area contributed by atoms with Crippen LogP contribution in [0, 0.1) is 0 Å². The van der Waals surface area contributed by atoms with E-state index < -0.39 is 0 Å². The van der Waals surface area contributed by atoms with Crippen LogP contribution in [0.1, 0.15) is 47.7 Å². The minimum absolute atomic E-state index is 0.0286. The summed E-state index contributed by atoms with van der Waals surface area (Å²) in [5.74, 6) is 0.184. The number of carbonyl (C=O) groups is 1. The number of aromatic hydroxyl groups is 1. The summed E-state index contributed by atoms with van der Waals surface area (Å²) in [6, 6.07) is 3.66. The van der Waals surface area contributed by atoms with Crippen molar-refractivity contribution < 1.29 is 9.90 Å². The molecule has 15 heavy (non-hydrogen) atoms. The highest BCUT2D eigenvalue weighted by Gasteiger charge is 2.16. The van der Waals surface area contributed by atoms with Crippen LogP contribution in [-0.4, -0.2) is 10.9 Å². The average molecular weight is 204 g/mol. The minimum Gasteiger partial charge on any atom is -0.507 e. The second kappa shape index (κ2) is 4.05. The summed E-state index contributed by atoms with van der Waals surface area (Å²) in [5, 5.41) is 9.75. The van der Waals surface area contributed by atoms with E-state index in [2.05, 4.69) is 0 Å². The third kappa shape index (κ3) is 1.89. The van der Waals surface area contributed by atoms with Gasteiger partial charge in [-0.25, -0.2) is 0 Å². The first-order valence-electron chi connectivity index (χ1n) is 5.60. The summed E-state index contributed by atoms with van der Waals surface area (Å²) in [5.41, 5.74) is 2.96. The van der Waals surface area contributed by atoms with E-state index in [4.69, 9.17) is 0 Å². The van der Waals surface area contributed by atoms with Crippen molar-refractivity contribution >= 4 is 5.78 Å². The number of carbonyl (C=O) groups excluding carboxylic acids is 1. The Balaban J connectivity index is 2.44. The van der Waals surface area contributed by atoms with Gasteiger partial charge in [0.2, 0.25) is 0 Å². The van der Waals surface area contributed by atoms with E-state index in [9.17, 15) is 9.90 Å². The van der Waals surface area contributed by atoms with Crippen molar-refractivity contribution in [3.05, 3.63) is 28.8 Å². The fourth-order valence-corrected chi connectivity index (χ4v) is 2.19. The molecule has 0 saturated carbocycles. The Hall–Kier alpha value is -1.31. The molecule has 0 aliphatic heterocycles. The van der Waals surface area contributed by atoms with E-state index in [0.29, 0.717) is 12.0 Å². The Morgan fingerprint density at radius 3 is 2.47 bits per heavy atom. The van der Waals surface area contributed by atoms with Crippen LogP contribution in [0.25, 0.3) is 0 Å². The molecule has 0 fully saturated rings. The van der Waals surface area contributed by atoms with E-state index in [1.807, 2.05) is 13.0 Å². The Morgan fingerprint density at radius 1 is 1.27 bits per heavy atom. The summed E-state index contributed by atoms with van der Waals surface area (Å²) in [4.78, 5) is 11.6. The molecule has 0 radical (unpaired) electrons. The number of Topliss-reactive ketones (excluding diaryl/α,β-unsaturated/α-hetero) is 1. The molecule has 0 saturated heterocycles. The molecule has 0 aromatic heterocycles. The van der Waals surface area contributed by atoms with Gasteiger partial charge in [0.1, 0.15) is 5.75 Å². The zero-order valence-electron chi connectivity index (χ0n) is 9.05. The Morgan fingerprint density at radius 2 is 1.87 bits per heavy atom. The monoisotopic (exact) mass is 204 g/mol. The molecular formula is C13H16O2. The molecule has 1 aromatic rings. The quantitative estimate of drug-likeness (QED) is 0.752. The zero-order valence-corrected chi connectivity index (χ0v) is 9.05. The number of hydrogen-bond donors (Lipinski definition) is 1. The first-order valence-corrected chi connectivity index (χ1v) is 5.60. The van der Waals surface area contributed by atoms with Crippen LogP contribution >= 0.6 is 0 Å². The van der Waals surface area contributed by atoms with Gasteiger partial charge >= 0.3 is 0 Å². The predicted octanol–water partition coefficient (Wildman–Crippen LogP) is 2.86. The lowest BCUT2D eigenvalue weighted by Crippen LogP contribution is -2.06. The van der Waals surface area contributed by atoms with Crippen LogP contribution in [-0.2, 0) is 12.8 Å². The van der Waals surface area contributed by atoms with Crippen LogP contribution in [0.15, 0.2) is 12.1 Å². The molecule has 0 heterocycles. The highest BCUT2D eigenvalue weighted by Crippen LogP contribution is 2.29. The van der Waals surface area contributed by atoms with Gasteiger partial charge in [-0.3, -0.25) is 4.79 Å². The van der Waals surface area contributed by atoms with Crippen LogP contribution in [0.2, 0.25) is 0 Å². The van der Waals surface area contributed by atoms with E-state index >= 15 is 0 Å². The summed E-state index contributed by atoms with van der Waals surface area (Å²) in [6.07, 6.45) is 4.90. The number of phenols is 1. The highest BCUT2D eigenvalue weighted by molar-refractivity contribution is 5.98. The van der Waals surface area contributed by atoms with Crippen molar-refractivity contribution in [1.29, 1.82) is 0 Å². The van der Waals surface area contributed by atoms with Gasteiger partial charge in [-0.1, -0.05) is 6.92 Å². The Labute approximate surface area is 89.9 Å². The van der Waals surface area contributed by atoms with E-state index in [1.54, 1.807) is 6.07 Å². The van der Waals surface area contributed by atoms with Crippen molar-refractivity contribution in [2.75, 3.05) is 0 Å². The lowest BCUT2D eigenvalue weighted by Gasteiger charge is -2.17. The van der Waals surface area contributed by atoms with Gasteiger partial charge in [-0.05, 0) is 48.9 Å². The number of hydrogen-bond acceptors (Lipinski definition) is 2. The van der Waals surface area contributed by atoms with Gasteiger partial charge in [-0.15, -0.1) is 0 Å². The number of aryl methyl sites for hydroxylation is 2. The SMILES string of the molecule is CCC(=O)c1cc2c(cc1O)CCCC2. The molecule has 2 heteroatoms. The molecule has 1 aliphatic rings. The maximum Gasteiger partial charge on any atom is 0.166 e. The molecule has 80 valence electrons. The van der Waals surface area contributed by atoms with Crippen molar-refractivity contribution in [2.24, 2.45) is 0 Å². The molecule has 0 spiro atoms. The van der Waals surface area contributed by atoms with Gasteiger partial charge in [0.15, 0.2) is 5.78 Å². The molecule has 0 amide bonds. The summed E-state index contributed by atoms with van der Waals surface area (Å²) < 4.78 is 0. The van der Waals surface area contributed by atoms with Crippen LogP contribution in [0.5, 0.6) is 5.75 Å². The third-order valence-corrected chi connectivity index (χ3v) is 3.08. The number of ketones is 1. The molecule has 2 rings (SSSR count). The molecule has 0 bridgehead atoms. The summed E-state index contributed by atoms with van der Waals surface area (Å²) in [7, 11) is 0. The van der Waals surface area contributed by atoms with Crippen molar-refractivity contribution in [3.63, 3.8) is 0 Å². The lowest BCUT2D eigenvalue weighted by atomic mass is 9.89. The highest BCUT2D eigenvalue weighted by atomic mass is 16.3. The van der Waals surface area contributed by atoms with Gasteiger partial charge < -0.3 is 5.11 Å². The predicted molar refractivity (Wildman–Crippen MR) is 59.4 cm³/mol. The standard InChI is InChI=1S/C13H16O2/c1-2-12(14)11-7-9-5-3-4-6-10(9)8-13(11)15/h7-8,15H,2-6H2,1H3. The second-order valence-electron chi connectivity index (χ2n) is 4.12. The number of phenolic OH excluding ortho intramolecular Hbond substituents is 1. The molecule has 0 unspecified atom stereocenters. The molecule has 1 N–H and O–H groups in total. The number of rotatable bonds is 2. The maximum atomic E-state index is 11.6. The Bertz CT molecular complexity index is 394. The van der Waals surface area contributed by atoms with Gasteiger partial charge in [-0.2, -0.15) is 0 Å². The van der Waals surface area contributed by atoms with E-state index in [1.165, 1.54) is 24.0 Å². The summed E-state index contributed by atoms with van der Waals surface area (Å²) >= 11 is 0. The van der Waals surface area contributed by atoms with E-state index in [-0.39, 0.29) is 11.5 Å². The van der Waals surface area contributed by atoms with Crippen molar-refractivity contribution in [1.82, 2.24) is 0 Å². The van der Waals surface area contributed by atoms with Gasteiger partial charge in [0.25, 0.3) is 0 Å². The number of fused-ring (bicyclic) bond motifs is 1. The number of benzene rings is 1. The first-order chi connectivity index (χ1) is 7.22. The van der Waals surface area contributed by atoms with Crippen LogP contribution < -0.4 is 0 Å². The molecular weight excluding hydrogens is 188 g/mol. The molecule has 0 atom stereocenters. The second-order valence-corrected chi connectivity index (χ2v) is 4.12. The molecule has 2 nitrogen and oxygen atoms in total. The van der Waals surface area contributed by atoms with Gasteiger partial charge in [0, 0.05) is 6.42 Å². The van der Waals surface area contributed by atoms with Gasteiger partial charge in [0.05, 0.1) is 5.56 Å². The van der Waals surface area contributed by atoms with Crippen molar-refractivity contribution in [2.45, 2.75) is 39.0 Å². The maximum absolute atomic E-state index is 11.6. The smallest absolute Gasteiger partial charge is 0.166 e. The largest absolute Gasteiger partial charge is 0.507 e. The minimum atomic E-state index is 0.0286. The fourth-order valence-electron chi connectivity index (χ4n) is 2.19. The normalized spacial score (nSPS) is 14.7. The fraction of sp³-hybridized carbons (Fsp3) is 0.462. The topological polar surface area (TPSA) is 37.3 Å². The van der Waals surface area contributed by atoms with E-state index in [0.717, 1.165) is 12.8 Å². The van der Waals surface area contributed by atoms with Crippen LogP contribution in [0.3, 0.4) is 0 Å². The molecule has 1 aromatic carbocycles. The first kappa shape index (κ1) is 10.2. The third-order valence-electron chi connectivity index (χ3n) is 3.08. The zero-order chi connectivity index (χ0) is 10.8. The summed E-state index contributed by atoms with van der Waals surface area (Å²) in [6.45, 7) is 1.82. The molecule has 1 aliphatic carbocycles. The Kier molecular flexibility index (Phi) is 2.76.